The largest absolute Gasteiger partial charge is 0.337 e. The summed E-state index contributed by atoms with van der Waals surface area (Å²) in [5.41, 5.74) is 1.31. The van der Waals surface area contributed by atoms with E-state index < -0.39 is 0 Å². The second-order valence-corrected chi connectivity index (χ2v) is 5.33. The predicted molar refractivity (Wildman–Crippen MR) is 61.9 cm³/mol. The van der Waals surface area contributed by atoms with Crippen LogP contribution in [0.4, 0.5) is 0 Å². The van der Waals surface area contributed by atoms with Crippen molar-refractivity contribution in [2.24, 2.45) is 0 Å². The lowest BCUT2D eigenvalue weighted by molar-refractivity contribution is -0.131. The van der Waals surface area contributed by atoms with E-state index in [1.54, 1.807) is 11.3 Å². The Hall–Kier alpha value is -0.480. The van der Waals surface area contributed by atoms with Crippen molar-refractivity contribution in [3.05, 3.63) is 21.9 Å². The average Bonchev–Trinajstić information content (AvgIpc) is 2.62. The Morgan fingerprint density at radius 1 is 1.71 bits per heavy atom. The van der Waals surface area contributed by atoms with Gasteiger partial charge in [0.1, 0.15) is 0 Å². The zero-order valence-electron chi connectivity index (χ0n) is 8.06. The van der Waals surface area contributed by atoms with Gasteiger partial charge in [0.25, 0.3) is 0 Å². The summed E-state index contributed by atoms with van der Waals surface area (Å²) in [6.45, 7) is 3.44. The molecule has 2 rings (SSSR count). The first-order valence-electron chi connectivity index (χ1n) is 4.70. The summed E-state index contributed by atoms with van der Waals surface area (Å²) in [7, 11) is 0. The maximum absolute atomic E-state index is 11.7. The normalized spacial score (nSPS) is 17.7. The van der Waals surface area contributed by atoms with E-state index in [1.807, 2.05) is 11.8 Å². The number of fused-ring (bicyclic) bond motifs is 1. The van der Waals surface area contributed by atoms with Crippen LogP contribution in [0.5, 0.6) is 0 Å². The number of carbonyl (C=O) groups is 1. The summed E-state index contributed by atoms with van der Waals surface area (Å²) in [6.07, 6.45) is 0.999. The molecule has 0 saturated heterocycles. The Labute approximate surface area is 93.3 Å². The highest BCUT2D eigenvalue weighted by Crippen LogP contribution is 2.24. The Kier molecular flexibility index (Phi) is 2.83. The minimum Gasteiger partial charge on any atom is -0.337 e. The number of carbonyl (C=O) groups excluding carboxylic acids is 1. The Morgan fingerprint density at radius 2 is 2.50 bits per heavy atom. The van der Waals surface area contributed by atoms with Crippen molar-refractivity contribution in [1.29, 1.82) is 0 Å². The molecule has 1 aliphatic rings. The van der Waals surface area contributed by atoms with Crippen molar-refractivity contribution in [3.63, 3.8) is 0 Å². The SMILES string of the molecule is CC(S)C(=O)N1CCc2sccc2C1. The Bertz CT molecular complexity index is 346. The number of amides is 1. The molecule has 14 heavy (non-hydrogen) atoms. The highest BCUT2D eigenvalue weighted by molar-refractivity contribution is 7.81. The van der Waals surface area contributed by atoms with Gasteiger partial charge in [0.2, 0.25) is 5.91 Å². The van der Waals surface area contributed by atoms with Gasteiger partial charge in [0.15, 0.2) is 0 Å². The van der Waals surface area contributed by atoms with Crippen molar-refractivity contribution in [2.45, 2.75) is 25.1 Å². The van der Waals surface area contributed by atoms with Crippen LogP contribution < -0.4 is 0 Å². The van der Waals surface area contributed by atoms with Crippen molar-refractivity contribution in [3.8, 4) is 0 Å². The summed E-state index contributed by atoms with van der Waals surface area (Å²) in [5.74, 6) is 0.144. The predicted octanol–water partition coefficient (Wildman–Crippen LogP) is 1.95. The number of thiol groups is 1. The molecule has 2 heterocycles. The van der Waals surface area contributed by atoms with E-state index in [0.29, 0.717) is 0 Å². The van der Waals surface area contributed by atoms with Gasteiger partial charge in [0.05, 0.1) is 5.25 Å². The van der Waals surface area contributed by atoms with Crippen LogP contribution in [0, 0.1) is 0 Å². The molecule has 4 heteroatoms. The monoisotopic (exact) mass is 227 g/mol. The third-order valence-electron chi connectivity index (χ3n) is 2.48. The fourth-order valence-electron chi connectivity index (χ4n) is 1.70. The quantitative estimate of drug-likeness (QED) is 0.727. The molecule has 0 radical (unpaired) electrons. The first kappa shape index (κ1) is 10.1. The number of rotatable bonds is 1. The van der Waals surface area contributed by atoms with Gasteiger partial charge in [-0.05, 0) is 30.4 Å². The van der Waals surface area contributed by atoms with Crippen LogP contribution in [0.3, 0.4) is 0 Å². The van der Waals surface area contributed by atoms with Gasteiger partial charge >= 0.3 is 0 Å². The molecule has 0 spiro atoms. The van der Waals surface area contributed by atoms with Gasteiger partial charge < -0.3 is 4.90 Å². The van der Waals surface area contributed by atoms with E-state index in [9.17, 15) is 4.79 Å². The van der Waals surface area contributed by atoms with Crippen LogP contribution in [-0.2, 0) is 17.8 Å². The Morgan fingerprint density at radius 3 is 3.21 bits per heavy atom. The van der Waals surface area contributed by atoms with Crippen molar-refractivity contribution >= 4 is 29.9 Å². The topological polar surface area (TPSA) is 20.3 Å². The smallest absolute Gasteiger partial charge is 0.235 e. The highest BCUT2D eigenvalue weighted by atomic mass is 32.1. The standard InChI is InChI=1S/C10H13NOS2/c1-7(13)10(12)11-4-2-9-8(6-11)3-5-14-9/h3,5,7,13H,2,4,6H2,1H3. The minimum atomic E-state index is -0.185. The van der Waals surface area contributed by atoms with Gasteiger partial charge in [-0.1, -0.05) is 0 Å². The van der Waals surface area contributed by atoms with Crippen LogP contribution >= 0.6 is 24.0 Å². The molecule has 1 amide bonds. The molecule has 0 aliphatic carbocycles. The fraction of sp³-hybridized carbons (Fsp3) is 0.500. The molecule has 0 aromatic carbocycles. The molecule has 1 unspecified atom stereocenters. The number of thiophene rings is 1. The molecule has 1 atom stereocenters. The first-order valence-corrected chi connectivity index (χ1v) is 6.10. The van der Waals surface area contributed by atoms with E-state index >= 15 is 0 Å². The summed E-state index contributed by atoms with van der Waals surface area (Å²) in [4.78, 5) is 15.0. The molecular formula is C10H13NOS2. The van der Waals surface area contributed by atoms with Crippen LogP contribution in [0.2, 0.25) is 0 Å². The van der Waals surface area contributed by atoms with Gasteiger partial charge in [0, 0.05) is 18.0 Å². The lowest BCUT2D eigenvalue weighted by atomic mass is 10.1. The second kappa shape index (κ2) is 3.95. The molecule has 2 nitrogen and oxygen atoms in total. The summed E-state index contributed by atoms with van der Waals surface area (Å²) in [6, 6.07) is 2.11. The molecule has 0 saturated carbocycles. The molecule has 1 aromatic rings. The molecule has 0 N–H and O–H groups in total. The van der Waals surface area contributed by atoms with E-state index in [0.717, 1.165) is 19.5 Å². The van der Waals surface area contributed by atoms with Crippen molar-refractivity contribution in [1.82, 2.24) is 4.90 Å². The van der Waals surface area contributed by atoms with Gasteiger partial charge in [-0.3, -0.25) is 4.79 Å². The van der Waals surface area contributed by atoms with Crippen molar-refractivity contribution < 1.29 is 4.79 Å². The van der Waals surface area contributed by atoms with Crippen LogP contribution in [0.25, 0.3) is 0 Å². The number of nitrogens with zero attached hydrogens (tertiary/aromatic N) is 1. The third kappa shape index (κ3) is 1.81. The zero-order chi connectivity index (χ0) is 10.1. The molecule has 1 aromatic heterocycles. The number of hydrogen-bond donors (Lipinski definition) is 1. The molecule has 76 valence electrons. The lowest BCUT2D eigenvalue weighted by Gasteiger charge is -2.28. The zero-order valence-corrected chi connectivity index (χ0v) is 9.78. The van der Waals surface area contributed by atoms with Gasteiger partial charge in [-0.15, -0.1) is 11.3 Å². The van der Waals surface area contributed by atoms with E-state index in [-0.39, 0.29) is 11.2 Å². The molecule has 0 fully saturated rings. The summed E-state index contributed by atoms with van der Waals surface area (Å²) in [5, 5.41) is 1.91. The highest BCUT2D eigenvalue weighted by Gasteiger charge is 2.23. The van der Waals surface area contributed by atoms with Gasteiger partial charge in [-0.25, -0.2) is 0 Å². The fourth-order valence-corrected chi connectivity index (χ4v) is 2.75. The maximum atomic E-state index is 11.7. The van der Waals surface area contributed by atoms with Crippen LogP contribution in [0.15, 0.2) is 11.4 Å². The maximum Gasteiger partial charge on any atom is 0.235 e. The third-order valence-corrected chi connectivity index (χ3v) is 3.72. The first-order chi connectivity index (χ1) is 6.68. The molecule has 0 bridgehead atoms. The van der Waals surface area contributed by atoms with E-state index in [1.165, 1.54) is 10.4 Å². The average molecular weight is 227 g/mol. The molecular weight excluding hydrogens is 214 g/mol. The lowest BCUT2D eigenvalue weighted by Crippen LogP contribution is -2.39. The number of hydrogen-bond acceptors (Lipinski definition) is 3. The summed E-state index contributed by atoms with van der Waals surface area (Å²) >= 11 is 5.96. The van der Waals surface area contributed by atoms with Crippen molar-refractivity contribution in [2.75, 3.05) is 6.54 Å². The summed E-state index contributed by atoms with van der Waals surface area (Å²) < 4.78 is 0. The Balaban J connectivity index is 2.11. The van der Waals surface area contributed by atoms with Crippen LogP contribution in [-0.4, -0.2) is 22.6 Å². The van der Waals surface area contributed by atoms with E-state index in [2.05, 4.69) is 24.1 Å². The van der Waals surface area contributed by atoms with Gasteiger partial charge in [-0.2, -0.15) is 12.6 Å². The molecule has 1 aliphatic heterocycles. The van der Waals surface area contributed by atoms with E-state index in [4.69, 9.17) is 0 Å². The minimum absolute atomic E-state index is 0.144. The van der Waals surface area contributed by atoms with Crippen LogP contribution in [0.1, 0.15) is 17.4 Å². The second-order valence-electron chi connectivity index (χ2n) is 3.55.